The number of Topliss-reactive ketones (excluding diaryl/α,β-unsaturated/α-hetero) is 1. The molecule has 41 heavy (non-hydrogen) atoms. The van der Waals surface area contributed by atoms with Crippen LogP contribution in [-0.4, -0.2) is 59.8 Å². The number of ketones is 1. The van der Waals surface area contributed by atoms with E-state index in [4.69, 9.17) is 0 Å². The van der Waals surface area contributed by atoms with Gasteiger partial charge in [-0.15, -0.1) is 0 Å². The molecule has 0 radical (unpaired) electrons. The second-order valence-corrected chi connectivity index (χ2v) is 18.0. The molecule has 5 fully saturated rings. The number of sulfonamides is 1. The van der Waals surface area contributed by atoms with Crippen LogP contribution in [0.2, 0.25) is 0 Å². The van der Waals surface area contributed by atoms with E-state index in [0.29, 0.717) is 66.9 Å². The molecule has 0 aromatic rings. The molecule has 0 aromatic carbocycles. The predicted molar refractivity (Wildman–Crippen MR) is 163 cm³/mol. The minimum Gasteiger partial charge on any atom is -0.393 e. The van der Waals surface area contributed by atoms with Crippen molar-refractivity contribution in [1.82, 2.24) is 4.31 Å². The van der Waals surface area contributed by atoms with Gasteiger partial charge in [0.25, 0.3) is 0 Å². The normalized spacial score (nSPS) is 47.4. The van der Waals surface area contributed by atoms with Gasteiger partial charge in [-0.25, -0.2) is 12.7 Å². The Morgan fingerprint density at radius 1 is 0.951 bits per heavy atom. The summed E-state index contributed by atoms with van der Waals surface area (Å²) in [4.78, 5) is 12.7. The molecule has 1 saturated heterocycles. The summed E-state index contributed by atoms with van der Waals surface area (Å²) in [5, 5.41) is 22.5. The molecule has 1 aliphatic heterocycles. The van der Waals surface area contributed by atoms with Gasteiger partial charge in [0.15, 0.2) is 0 Å². The molecule has 0 amide bonds. The number of fused-ring (bicyclic) bond motifs is 5. The van der Waals surface area contributed by atoms with Gasteiger partial charge in [0, 0.05) is 19.5 Å². The Balaban J connectivity index is 1.20. The number of rotatable bonds is 9. The maximum Gasteiger partial charge on any atom is 0.221 e. The van der Waals surface area contributed by atoms with Gasteiger partial charge in [-0.3, -0.25) is 4.79 Å². The van der Waals surface area contributed by atoms with E-state index < -0.39 is 10.0 Å². The summed E-state index contributed by atoms with van der Waals surface area (Å²) in [5.74, 6) is 3.42. The van der Waals surface area contributed by atoms with E-state index >= 15 is 0 Å². The smallest absolute Gasteiger partial charge is 0.221 e. The third-order valence-electron chi connectivity index (χ3n) is 14.0. The van der Waals surface area contributed by atoms with Gasteiger partial charge in [-0.05, 0) is 115 Å². The summed E-state index contributed by atoms with van der Waals surface area (Å²) < 4.78 is 27.2. The van der Waals surface area contributed by atoms with E-state index in [1.54, 1.807) is 0 Å². The lowest BCUT2D eigenvalue weighted by atomic mass is 9.41. The minimum atomic E-state index is -3.51. The summed E-state index contributed by atoms with van der Waals surface area (Å²) >= 11 is 0. The molecule has 6 nitrogen and oxygen atoms in total. The monoisotopic (exact) mass is 593 g/mol. The quantitative estimate of drug-likeness (QED) is 0.347. The fourth-order valence-corrected chi connectivity index (χ4v) is 13.1. The van der Waals surface area contributed by atoms with E-state index in [2.05, 4.69) is 41.5 Å². The van der Waals surface area contributed by atoms with Crippen LogP contribution in [0.5, 0.6) is 0 Å². The molecule has 0 aromatic heterocycles. The fourth-order valence-electron chi connectivity index (χ4n) is 11.4. The number of aliphatic hydroxyl groups is 2. The van der Waals surface area contributed by atoms with Crippen LogP contribution in [0.4, 0.5) is 0 Å². The molecular weight excluding hydrogens is 534 g/mol. The first-order chi connectivity index (χ1) is 19.2. The first-order valence-corrected chi connectivity index (χ1v) is 18.7. The van der Waals surface area contributed by atoms with Crippen molar-refractivity contribution < 1.29 is 23.4 Å². The molecule has 4 aliphatic carbocycles. The number of nitrogens with zero attached hydrogens (tertiary/aromatic N) is 1. The van der Waals surface area contributed by atoms with Crippen LogP contribution in [0, 0.1) is 64.1 Å². The maximum atomic E-state index is 12.8. The zero-order valence-corrected chi connectivity index (χ0v) is 27.5. The lowest BCUT2D eigenvalue weighted by molar-refractivity contribution is -0.203. The fraction of sp³-hybridized carbons (Fsp3) is 0.971. The summed E-state index contributed by atoms with van der Waals surface area (Å²) in [7, 11) is -3.51. The molecule has 5 rings (SSSR count). The van der Waals surface area contributed by atoms with Crippen molar-refractivity contribution in [2.75, 3.05) is 18.8 Å². The Morgan fingerprint density at radius 2 is 1.59 bits per heavy atom. The topological polar surface area (TPSA) is 94.9 Å². The standard InChI is InChI=1S/C34H59NO5S/c1-7-26-30-17-24(36)13-15-34(30,6)29-14-16-33(5)27(11-12-28(33)31(29)32(26)38)21(2)9-8-10-25(37)20-41(39,40)35-18-22(3)23(4)19-35/h21-24,26-32,36,38H,7-20H2,1-6H3/t21-,22?,23?,24-,26-,27-,28+,29+,30+,31+,32-,33-,34-/m1/s1. The Labute approximate surface area is 250 Å². The van der Waals surface area contributed by atoms with Crippen LogP contribution in [0.15, 0.2) is 0 Å². The SMILES string of the molecule is CC[C@H]1[C@@H](O)[C@@H]2[C@H](CC[C@]3(C)[C@@H]([C@H](C)CCCC(=O)CS(=O)(=O)N4CC(C)C(C)C4)CC[C@@H]23)[C@@]2(C)CC[C@@H](O)C[C@@H]12. The van der Waals surface area contributed by atoms with Gasteiger partial charge >= 0.3 is 0 Å². The lowest BCUT2D eigenvalue weighted by Crippen LogP contribution is -2.62. The van der Waals surface area contributed by atoms with E-state index in [-0.39, 0.29) is 40.5 Å². The molecule has 7 heteroatoms. The van der Waals surface area contributed by atoms with Gasteiger partial charge in [0.2, 0.25) is 10.0 Å². The Hall–Kier alpha value is -0.500. The van der Waals surface area contributed by atoms with Crippen molar-refractivity contribution in [2.24, 2.45) is 64.1 Å². The molecule has 4 saturated carbocycles. The van der Waals surface area contributed by atoms with E-state index in [1.807, 2.05) is 0 Å². The van der Waals surface area contributed by atoms with Crippen molar-refractivity contribution in [1.29, 1.82) is 0 Å². The Bertz CT molecular complexity index is 1050. The third kappa shape index (κ3) is 5.61. The van der Waals surface area contributed by atoms with Crippen molar-refractivity contribution in [3.63, 3.8) is 0 Å². The van der Waals surface area contributed by atoms with Crippen molar-refractivity contribution >= 4 is 15.8 Å². The van der Waals surface area contributed by atoms with Crippen LogP contribution in [0.1, 0.15) is 112 Å². The molecule has 0 bridgehead atoms. The summed E-state index contributed by atoms with van der Waals surface area (Å²) in [6.45, 7) is 14.8. The molecule has 1 heterocycles. The number of hydrogen-bond donors (Lipinski definition) is 2. The molecule has 0 spiro atoms. The van der Waals surface area contributed by atoms with Crippen molar-refractivity contribution in [3.05, 3.63) is 0 Å². The Kier molecular flexibility index (Phi) is 9.17. The largest absolute Gasteiger partial charge is 0.393 e. The number of carbonyl (C=O) groups is 1. The second-order valence-electron chi connectivity index (χ2n) is 16.1. The highest BCUT2D eigenvalue weighted by molar-refractivity contribution is 7.89. The van der Waals surface area contributed by atoms with Gasteiger partial charge in [-0.1, -0.05) is 54.4 Å². The molecule has 2 unspecified atom stereocenters. The summed E-state index contributed by atoms with van der Waals surface area (Å²) in [5.41, 5.74) is 0.439. The van der Waals surface area contributed by atoms with Gasteiger partial charge in [0.1, 0.15) is 11.5 Å². The Morgan fingerprint density at radius 3 is 2.24 bits per heavy atom. The zero-order valence-electron chi connectivity index (χ0n) is 26.7. The van der Waals surface area contributed by atoms with E-state index in [1.165, 1.54) is 30.0 Å². The summed E-state index contributed by atoms with van der Waals surface area (Å²) in [6, 6.07) is 0. The highest BCUT2D eigenvalue weighted by Crippen LogP contribution is 2.69. The number of carbonyl (C=O) groups excluding carboxylic acids is 1. The first kappa shape index (κ1) is 31.9. The highest BCUT2D eigenvalue weighted by atomic mass is 32.2. The van der Waals surface area contributed by atoms with E-state index in [9.17, 15) is 23.4 Å². The number of hydrogen-bond acceptors (Lipinski definition) is 5. The lowest BCUT2D eigenvalue weighted by Gasteiger charge is -2.64. The van der Waals surface area contributed by atoms with Gasteiger partial charge < -0.3 is 10.2 Å². The number of aliphatic hydroxyl groups excluding tert-OH is 2. The second kappa shape index (κ2) is 11.8. The molecule has 236 valence electrons. The molecule has 13 atom stereocenters. The molecular formula is C34H59NO5S. The third-order valence-corrected chi connectivity index (χ3v) is 15.7. The predicted octanol–water partition coefficient (Wildman–Crippen LogP) is 5.91. The average molecular weight is 594 g/mol. The zero-order chi connectivity index (χ0) is 29.9. The van der Waals surface area contributed by atoms with Crippen LogP contribution in [0.25, 0.3) is 0 Å². The average Bonchev–Trinajstić information content (AvgIpc) is 3.44. The van der Waals surface area contributed by atoms with Crippen molar-refractivity contribution in [2.45, 2.75) is 124 Å². The van der Waals surface area contributed by atoms with Crippen LogP contribution in [0.3, 0.4) is 0 Å². The minimum absolute atomic E-state index is 0.142. The summed E-state index contributed by atoms with van der Waals surface area (Å²) in [6.07, 6.45) is 10.2. The van der Waals surface area contributed by atoms with Crippen LogP contribution < -0.4 is 0 Å². The van der Waals surface area contributed by atoms with Gasteiger partial charge in [0.05, 0.1) is 12.2 Å². The van der Waals surface area contributed by atoms with Crippen molar-refractivity contribution in [3.8, 4) is 0 Å². The van der Waals surface area contributed by atoms with Crippen LogP contribution >= 0.6 is 0 Å². The highest BCUT2D eigenvalue weighted by Gasteiger charge is 2.64. The first-order valence-electron chi connectivity index (χ1n) is 17.1. The maximum absolute atomic E-state index is 12.8. The van der Waals surface area contributed by atoms with Crippen LogP contribution in [-0.2, 0) is 14.8 Å². The molecule has 5 aliphatic rings. The molecule has 2 N–H and O–H groups in total. The van der Waals surface area contributed by atoms with Gasteiger partial charge in [-0.2, -0.15) is 0 Å². The van der Waals surface area contributed by atoms with E-state index in [0.717, 1.165) is 38.5 Å².